The Hall–Kier alpha value is 0.330. The molecule has 3 N–H and O–H groups in total. The second kappa shape index (κ2) is 24.0. The second-order valence-electron chi connectivity index (χ2n) is 7.10. The quantitative estimate of drug-likeness (QED) is 0.155. The molecule has 0 bridgehead atoms. The molecule has 0 aromatic rings. The molecular weight excluding hydrogens is 410 g/mol. The zero-order valence-electron chi connectivity index (χ0n) is 17.5. The number of rotatable bonds is 19. The summed E-state index contributed by atoms with van der Waals surface area (Å²) in [5, 5.41) is 20.4. The average molecular weight is 451 g/mol. The zero-order valence-corrected chi connectivity index (χ0v) is 17.5. The van der Waals surface area contributed by atoms with Gasteiger partial charge in [0.25, 0.3) is 0 Å². The summed E-state index contributed by atoms with van der Waals surface area (Å²) in [5.74, 6) is -2.19. The Morgan fingerprint density at radius 2 is 1.43 bits per heavy atom. The van der Waals surface area contributed by atoms with Gasteiger partial charge in [-0.05, 0) is 13.3 Å². The number of hydrogen-bond donors (Lipinski definition) is 3. The first-order chi connectivity index (χ1) is 13.4. The van der Waals surface area contributed by atoms with Crippen molar-refractivity contribution >= 4 is 77.0 Å². The van der Waals surface area contributed by atoms with Gasteiger partial charge in [-0.1, -0.05) is 58.3 Å². The van der Waals surface area contributed by atoms with E-state index in [0.29, 0.717) is 13.0 Å². The molecule has 0 saturated heterocycles. The third-order valence-corrected chi connectivity index (χ3v) is 4.53. The van der Waals surface area contributed by atoms with Crippen LogP contribution in [0.15, 0.2) is 0 Å². The maximum atomic E-state index is 11.9. The summed E-state index contributed by atoms with van der Waals surface area (Å²) in [4.78, 5) is 34.9. The molecule has 0 spiro atoms. The molecule has 0 saturated carbocycles. The topological polar surface area (TPSA) is 116 Å². The number of carbonyl (C=O) groups is 3. The van der Waals surface area contributed by atoms with Crippen LogP contribution in [-0.2, 0) is 19.1 Å². The number of unbranched alkanes of at least 4 members (excludes halogenated alkanes) is 8. The van der Waals surface area contributed by atoms with E-state index in [-0.39, 0.29) is 78.1 Å². The molecule has 1 unspecified atom stereocenters. The van der Waals surface area contributed by atoms with Gasteiger partial charge in [0.2, 0.25) is 5.91 Å². The van der Waals surface area contributed by atoms with Crippen LogP contribution in [0, 0.1) is 0 Å². The molecule has 0 aromatic carbocycles. The Balaban J connectivity index is -0.00000364. The van der Waals surface area contributed by atoms with Crippen LogP contribution in [-0.4, -0.2) is 125 Å². The van der Waals surface area contributed by atoms with E-state index >= 15 is 0 Å². The van der Waals surface area contributed by atoms with Crippen LogP contribution in [0.3, 0.4) is 0 Å². The van der Waals surface area contributed by atoms with Gasteiger partial charge in [0.1, 0.15) is 12.8 Å². The van der Waals surface area contributed by atoms with Crippen molar-refractivity contribution in [2.24, 2.45) is 0 Å². The summed E-state index contributed by atoms with van der Waals surface area (Å²) in [6, 6.07) is 0. The maximum absolute atomic E-state index is 11.9. The van der Waals surface area contributed by atoms with E-state index in [1.807, 2.05) is 0 Å². The van der Waals surface area contributed by atoms with E-state index in [4.69, 9.17) is 14.9 Å². The van der Waals surface area contributed by atoms with E-state index < -0.39 is 24.8 Å². The fourth-order valence-corrected chi connectivity index (χ4v) is 2.88. The number of amides is 1. The summed E-state index contributed by atoms with van der Waals surface area (Å²) in [6.45, 7) is 3.59. The normalized spacial score (nSPS) is 11.3. The van der Waals surface area contributed by atoms with Gasteiger partial charge in [-0.2, -0.15) is 0 Å². The van der Waals surface area contributed by atoms with Crippen molar-refractivity contribution in [2.45, 2.75) is 84.3 Å². The summed E-state index contributed by atoms with van der Waals surface area (Å²) < 4.78 is 5.11. The standard InChI is InChI=1S/C20H38N2O6.2Na.2H/c1-3-4-5-6-7-8-9-10-11-12-18(23)21-13-14-22(15-19(24)25)17(2)28-16-20(26)27;;;;/h17H,3-16H2,1-2H3,(H,21,23)(H,24,25)(H,26,27);;;;. The monoisotopic (exact) mass is 450 g/mol. The van der Waals surface area contributed by atoms with Crippen molar-refractivity contribution in [1.29, 1.82) is 0 Å². The van der Waals surface area contributed by atoms with Crippen LogP contribution < -0.4 is 5.32 Å². The fourth-order valence-electron chi connectivity index (χ4n) is 2.88. The molecule has 0 aliphatic rings. The summed E-state index contributed by atoms with van der Waals surface area (Å²) >= 11 is 0. The molecule has 0 aliphatic carbocycles. The van der Waals surface area contributed by atoms with Crippen LogP contribution in [0.5, 0.6) is 0 Å². The zero-order chi connectivity index (χ0) is 21.2. The fraction of sp³-hybridized carbons (Fsp3) is 0.850. The molecule has 0 rings (SSSR count). The van der Waals surface area contributed by atoms with E-state index in [0.717, 1.165) is 19.3 Å². The van der Waals surface area contributed by atoms with Gasteiger partial charge in [0.15, 0.2) is 0 Å². The SMILES string of the molecule is CCCCCCCCCCCC(=O)NCCN(CC(=O)O)C(C)OCC(=O)O.[NaH].[NaH]. The Morgan fingerprint density at radius 3 is 1.93 bits per heavy atom. The van der Waals surface area contributed by atoms with E-state index in [2.05, 4.69) is 12.2 Å². The van der Waals surface area contributed by atoms with Crippen LogP contribution in [0.4, 0.5) is 0 Å². The van der Waals surface area contributed by atoms with Gasteiger partial charge in [0.05, 0.1) is 6.54 Å². The first-order valence-corrected chi connectivity index (χ1v) is 10.4. The van der Waals surface area contributed by atoms with Crippen molar-refractivity contribution in [3.8, 4) is 0 Å². The number of carboxylic acids is 2. The van der Waals surface area contributed by atoms with Crippen molar-refractivity contribution < 1.29 is 29.3 Å². The third kappa shape index (κ3) is 23.0. The molecule has 0 heterocycles. The van der Waals surface area contributed by atoms with Crippen LogP contribution >= 0.6 is 0 Å². The van der Waals surface area contributed by atoms with Crippen molar-refractivity contribution in [2.75, 3.05) is 26.2 Å². The van der Waals surface area contributed by atoms with E-state index in [1.165, 1.54) is 43.4 Å². The third-order valence-electron chi connectivity index (χ3n) is 4.53. The van der Waals surface area contributed by atoms with Gasteiger partial charge in [-0.3, -0.25) is 14.5 Å². The number of nitrogens with zero attached hydrogens (tertiary/aromatic N) is 1. The average Bonchev–Trinajstić information content (AvgIpc) is 2.63. The molecule has 30 heavy (non-hydrogen) atoms. The number of ether oxygens (including phenoxy) is 1. The van der Waals surface area contributed by atoms with E-state index in [1.54, 1.807) is 6.92 Å². The second-order valence-corrected chi connectivity index (χ2v) is 7.10. The van der Waals surface area contributed by atoms with Crippen LogP contribution in [0.1, 0.15) is 78.1 Å². The molecule has 1 amide bonds. The Kier molecular flexibility index (Phi) is 27.9. The first kappa shape index (κ1) is 34.9. The molecule has 0 fully saturated rings. The Labute approximate surface area is 225 Å². The summed E-state index contributed by atoms with van der Waals surface area (Å²) in [5.41, 5.74) is 0. The number of hydrogen-bond acceptors (Lipinski definition) is 5. The van der Waals surface area contributed by atoms with Gasteiger partial charge in [0, 0.05) is 19.5 Å². The molecule has 0 radical (unpaired) electrons. The van der Waals surface area contributed by atoms with Gasteiger partial charge in [-0.25, -0.2) is 4.79 Å². The van der Waals surface area contributed by atoms with E-state index in [9.17, 15) is 14.4 Å². The van der Waals surface area contributed by atoms with Crippen LogP contribution in [0.25, 0.3) is 0 Å². The summed E-state index contributed by atoms with van der Waals surface area (Å²) in [7, 11) is 0. The predicted molar refractivity (Wildman–Crippen MR) is 121 cm³/mol. The Morgan fingerprint density at radius 1 is 0.900 bits per heavy atom. The first-order valence-electron chi connectivity index (χ1n) is 10.4. The molecular formula is C20H40N2Na2O6. The van der Waals surface area contributed by atoms with Crippen molar-refractivity contribution in [1.82, 2.24) is 10.2 Å². The van der Waals surface area contributed by atoms with Crippen molar-refractivity contribution in [3.63, 3.8) is 0 Å². The van der Waals surface area contributed by atoms with Crippen molar-refractivity contribution in [3.05, 3.63) is 0 Å². The number of nitrogens with one attached hydrogen (secondary N) is 1. The molecule has 168 valence electrons. The Bertz CT molecular complexity index is 455. The number of carbonyl (C=O) groups excluding carboxylic acids is 1. The summed E-state index contributed by atoms with van der Waals surface area (Å²) in [6.07, 6.45) is 10.6. The molecule has 8 nitrogen and oxygen atoms in total. The number of carboxylic acid groups (broad SMARTS) is 2. The van der Waals surface area contributed by atoms with Gasteiger partial charge in [-0.15, -0.1) is 0 Å². The molecule has 0 aliphatic heterocycles. The van der Waals surface area contributed by atoms with Crippen LogP contribution in [0.2, 0.25) is 0 Å². The minimum absolute atomic E-state index is 0. The molecule has 0 aromatic heterocycles. The van der Waals surface area contributed by atoms with Gasteiger partial charge < -0.3 is 20.3 Å². The predicted octanol–water partition coefficient (Wildman–Crippen LogP) is 1.56. The molecule has 10 heteroatoms. The number of aliphatic carboxylic acids is 2. The van der Waals surface area contributed by atoms with Gasteiger partial charge >= 0.3 is 71.1 Å². The minimum atomic E-state index is -1.11. The molecule has 1 atom stereocenters.